The number of amides is 1. The molecule has 1 N–H and O–H groups in total. The third kappa shape index (κ3) is 5.22. The lowest BCUT2D eigenvalue weighted by atomic mass is 10.1. The minimum absolute atomic E-state index is 0.127. The predicted octanol–water partition coefficient (Wildman–Crippen LogP) is 4.44. The SMILES string of the molecule is C/C(CCc1ccccc1)=N\NC(=O)c1ccc(C(F)(F)F)cc1. The maximum atomic E-state index is 12.5. The van der Waals surface area contributed by atoms with E-state index in [9.17, 15) is 18.0 Å². The van der Waals surface area contributed by atoms with Crippen molar-refractivity contribution in [3.63, 3.8) is 0 Å². The van der Waals surface area contributed by atoms with Crippen molar-refractivity contribution in [2.45, 2.75) is 25.9 Å². The van der Waals surface area contributed by atoms with Gasteiger partial charge in [-0.15, -0.1) is 0 Å². The van der Waals surface area contributed by atoms with Crippen LogP contribution in [0.4, 0.5) is 13.2 Å². The first-order valence-electron chi connectivity index (χ1n) is 7.41. The zero-order valence-electron chi connectivity index (χ0n) is 13.1. The van der Waals surface area contributed by atoms with Crippen molar-refractivity contribution >= 4 is 11.6 Å². The summed E-state index contributed by atoms with van der Waals surface area (Å²) < 4.78 is 37.4. The van der Waals surface area contributed by atoms with Gasteiger partial charge in [0.05, 0.1) is 5.56 Å². The number of aryl methyl sites for hydroxylation is 1. The highest BCUT2D eigenvalue weighted by Crippen LogP contribution is 2.29. The van der Waals surface area contributed by atoms with Crippen molar-refractivity contribution in [1.29, 1.82) is 0 Å². The second-order valence-corrected chi connectivity index (χ2v) is 5.35. The minimum Gasteiger partial charge on any atom is -0.267 e. The molecule has 0 saturated carbocycles. The summed E-state index contributed by atoms with van der Waals surface area (Å²) in [7, 11) is 0. The van der Waals surface area contributed by atoms with Gasteiger partial charge in [0, 0.05) is 11.3 Å². The summed E-state index contributed by atoms with van der Waals surface area (Å²) in [5, 5.41) is 3.98. The van der Waals surface area contributed by atoms with Crippen LogP contribution >= 0.6 is 0 Å². The van der Waals surface area contributed by atoms with Gasteiger partial charge in [0.25, 0.3) is 5.91 Å². The number of rotatable bonds is 5. The molecule has 0 bridgehead atoms. The minimum atomic E-state index is -4.42. The summed E-state index contributed by atoms with van der Waals surface area (Å²) in [6, 6.07) is 13.9. The standard InChI is InChI=1S/C18H17F3N2O/c1-13(7-8-14-5-3-2-4-6-14)22-23-17(24)15-9-11-16(12-10-15)18(19,20)21/h2-6,9-12H,7-8H2,1H3,(H,23,24)/b22-13+. The molecular formula is C18H17F3N2O. The van der Waals surface area contributed by atoms with E-state index in [1.807, 2.05) is 30.3 Å². The number of nitrogens with zero attached hydrogens (tertiary/aromatic N) is 1. The van der Waals surface area contributed by atoms with E-state index in [0.717, 1.165) is 36.4 Å². The summed E-state index contributed by atoms with van der Waals surface area (Å²) in [4.78, 5) is 11.9. The number of hydrogen-bond donors (Lipinski definition) is 1. The molecule has 2 rings (SSSR count). The lowest BCUT2D eigenvalue weighted by Crippen LogP contribution is -2.19. The van der Waals surface area contributed by atoms with Gasteiger partial charge in [-0.1, -0.05) is 30.3 Å². The second-order valence-electron chi connectivity index (χ2n) is 5.35. The molecule has 0 unspecified atom stereocenters. The molecule has 0 atom stereocenters. The highest BCUT2D eigenvalue weighted by molar-refractivity contribution is 5.95. The van der Waals surface area contributed by atoms with Gasteiger partial charge in [0.2, 0.25) is 0 Å². The molecule has 1 amide bonds. The molecule has 0 aromatic heterocycles. The fraction of sp³-hybridized carbons (Fsp3) is 0.222. The van der Waals surface area contributed by atoms with Gasteiger partial charge in [-0.05, 0) is 49.6 Å². The molecule has 2 aromatic carbocycles. The Bertz CT molecular complexity index is 707. The summed E-state index contributed by atoms with van der Waals surface area (Å²) >= 11 is 0. The van der Waals surface area contributed by atoms with Crippen LogP contribution in [0.1, 0.15) is 34.8 Å². The number of benzene rings is 2. The van der Waals surface area contributed by atoms with Gasteiger partial charge < -0.3 is 0 Å². The summed E-state index contributed by atoms with van der Waals surface area (Å²) in [6.07, 6.45) is -2.94. The smallest absolute Gasteiger partial charge is 0.267 e. The summed E-state index contributed by atoms with van der Waals surface area (Å²) in [6.45, 7) is 1.79. The van der Waals surface area contributed by atoms with Crippen molar-refractivity contribution in [1.82, 2.24) is 5.43 Å². The second kappa shape index (κ2) is 7.77. The molecule has 0 spiro atoms. The van der Waals surface area contributed by atoms with Crippen LogP contribution in [0.25, 0.3) is 0 Å². The molecule has 126 valence electrons. The molecule has 0 saturated heterocycles. The average molecular weight is 334 g/mol. The molecule has 0 aliphatic heterocycles. The fourth-order valence-corrected chi connectivity index (χ4v) is 2.05. The zero-order chi connectivity index (χ0) is 17.6. The van der Waals surface area contributed by atoms with Crippen LogP contribution in [0.15, 0.2) is 59.7 Å². The Kier molecular flexibility index (Phi) is 5.73. The van der Waals surface area contributed by atoms with Crippen molar-refractivity contribution in [3.8, 4) is 0 Å². The molecule has 0 aliphatic rings. The third-order valence-corrected chi connectivity index (χ3v) is 3.44. The van der Waals surface area contributed by atoms with Crippen LogP contribution in [0.2, 0.25) is 0 Å². The fourth-order valence-electron chi connectivity index (χ4n) is 2.05. The number of carbonyl (C=O) groups excluding carboxylic acids is 1. The van der Waals surface area contributed by atoms with Gasteiger partial charge in [0.1, 0.15) is 0 Å². The van der Waals surface area contributed by atoms with Gasteiger partial charge in [0.15, 0.2) is 0 Å². The van der Waals surface area contributed by atoms with E-state index >= 15 is 0 Å². The van der Waals surface area contributed by atoms with Crippen molar-refractivity contribution < 1.29 is 18.0 Å². The van der Waals surface area contributed by atoms with Crippen LogP contribution < -0.4 is 5.43 Å². The van der Waals surface area contributed by atoms with Crippen LogP contribution in [0, 0.1) is 0 Å². The third-order valence-electron chi connectivity index (χ3n) is 3.44. The maximum Gasteiger partial charge on any atom is 0.416 e. The number of alkyl halides is 3. The van der Waals surface area contributed by atoms with Crippen LogP contribution in [-0.2, 0) is 12.6 Å². The molecule has 6 heteroatoms. The summed E-state index contributed by atoms with van der Waals surface area (Å²) in [5.41, 5.74) is 3.60. The molecule has 0 aliphatic carbocycles. The molecule has 0 radical (unpaired) electrons. The van der Waals surface area contributed by atoms with E-state index in [4.69, 9.17) is 0 Å². The van der Waals surface area contributed by atoms with E-state index in [0.29, 0.717) is 6.42 Å². The molecule has 0 heterocycles. The van der Waals surface area contributed by atoms with E-state index in [1.54, 1.807) is 6.92 Å². The van der Waals surface area contributed by atoms with E-state index in [-0.39, 0.29) is 5.56 Å². The normalized spacial score (nSPS) is 12.1. The number of hydrazone groups is 1. The lowest BCUT2D eigenvalue weighted by Gasteiger charge is -2.07. The Morgan fingerprint density at radius 3 is 2.25 bits per heavy atom. The van der Waals surface area contributed by atoms with Crippen LogP contribution in [-0.4, -0.2) is 11.6 Å². The Morgan fingerprint density at radius 1 is 1.04 bits per heavy atom. The number of hydrogen-bond acceptors (Lipinski definition) is 2. The predicted molar refractivity (Wildman–Crippen MR) is 86.8 cm³/mol. The van der Waals surface area contributed by atoms with E-state index < -0.39 is 17.6 Å². The molecule has 0 fully saturated rings. The van der Waals surface area contributed by atoms with Gasteiger partial charge in [-0.2, -0.15) is 18.3 Å². The Morgan fingerprint density at radius 2 is 1.67 bits per heavy atom. The number of halogens is 3. The lowest BCUT2D eigenvalue weighted by molar-refractivity contribution is -0.137. The highest BCUT2D eigenvalue weighted by Gasteiger charge is 2.30. The Balaban J connectivity index is 1.89. The topological polar surface area (TPSA) is 41.5 Å². The van der Waals surface area contributed by atoms with Gasteiger partial charge in [-0.25, -0.2) is 5.43 Å². The average Bonchev–Trinajstić information content (AvgIpc) is 2.58. The zero-order valence-corrected chi connectivity index (χ0v) is 13.1. The first-order chi connectivity index (χ1) is 11.4. The highest BCUT2D eigenvalue weighted by atomic mass is 19.4. The molecule has 24 heavy (non-hydrogen) atoms. The quantitative estimate of drug-likeness (QED) is 0.637. The van der Waals surface area contributed by atoms with Crippen LogP contribution in [0.3, 0.4) is 0 Å². The largest absolute Gasteiger partial charge is 0.416 e. The molecular weight excluding hydrogens is 317 g/mol. The van der Waals surface area contributed by atoms with Crippen molar-refractivity contribution in [2.75, 3.05) is 0 Å². The molecule has 2 aromatic rings. The molecule has 3 nitrogen and oxygen atoms in total. The van der Waals surface area contributed by atoms with E-state index in [2.05, 4.69) is 10.5 Å². The number of nitrogens with one attached hydrogen (secondary N) is 1. The van der Waals surface area contributed by atoms with Gasteiger partial charge >= 0.3 is 6.18 Å². The van der Waals surface area contributed by atoms with Gasteiger partial charge in [-0.3, -0.25) is 4.79 Å². The van der Waals surface area contributed by atoms with Crippen molar-refractivity contribution in [3.05, 3.63) is 71.3 Å². The monoisotopic (exact) mass is 334 g/mol. The maximum absolute atomic E-state index is 12.5. The first kappa shape index (κ1) is 17.7. The van der Waals surface area contributed by atoms with E-state index in [1.165, 1.54) is 5.56 Å². The van der Waals surface area contributed by atoms with Crippen LogP contribution in [0.5, 0.6) is 0 Å². The number of carbonyl (C=O) groups is 1. The first-order valence-corrected chi connectivity index (χ1v) is 7.41. The Labute approximate surface area is 138 Å². The van der Waals surface area contributed by atoms with Crippen molar-refractivity contribution in [2.24, 2.45) is 5.10 Å². The summed E-state index contributed by atoms with van der Waals surface area (Å²) in [5.74, 6) is -0.539. The Hall–Kier alpha value is -2.63.